The Kier molecular flexibility index (Phi) is 5.72. The van der Waals surface area contributed by atoms with Crippen molar-refractivity contribution in [3.05, 3.63) is 53.2 Å². The first-order valence-electron chi connectivity index (χ1n) is 10.1. The molecule has 1 amide bonds. The maximum atomic E-state index is 12.6. The molecule has 0 radical (unpaired) electrons. The zero-order chi connectivity index (χ0) is 22.8. The quantitative estimate of drug-likeness (QED) is 0.536. The molecule has 2 heterocycles. The maximum Gasteiger partial charge on any atom is 0.339 e. The number of rotatable bonds is 6. The number of amides is 1. The molecule has 4 N–H and O–H groups in total. The molecule has 1 aliphatic rings. The van der Waals surface area contributed by atoms with Crippen molar-refractivity contribution in [2.45, 2.75) is 19.9 Å². The Labute approximate surface area is 184 Å². The van der Waals surface area contributed by atoms with Crippen molar-refractivity contribution in [1.29, 1.82) is 0 Å². The zero-order valence-electron chi connectivity index (χ0n) is 17.7. The van der Waals surface area contributed by atoms with Crippen LogP contribution in [0.5, 0.6) is 17.2 Å². The lowest BCUT2D eigenvalue weighted by Gasteiger charge is -2.20. The highest BCUT2D eigenvalue weighted by Crippen LogP contribution is 2.33. The van der Waals surface area contributed by atoms with Crippen LogP contribution in [-0.4, -0.2) is 47.8 Å². The lowest BCUT2D eigenvalue weighted by molar-refractivity contribution is 0.0696. The van der Waals surface area contributed by atoms with Gasteiger partial charge in [-0.2, -0.15) is 0 Å². The van der Waals surface area contributed by atoms with E-state index >= 15 is 0 Å². The van der Waals surface area contributed by atoms with Crippen molar-refractivity contribution >= 4 is 28.5 Å². The number of aromatic nitrogens is 1. The number of nitrogens with one attached hydrogen (secondary N) is 1. The zero-order valence-corrected chi connectivity index (χ0v) is 17.7. The fourth-order valence-corrected chi connectivity index (χ4v) is 3.58. The Morgan fingerprint density at radius 2 is 1.97 bits per heavy atom. The highest BCUT2D eigenvalue weighted by Gasteiger charge is 2.20. The van der Waals surface area contributed by atoms with Crippen LogP contribution in [0.2, 0.25) is 0 Å². The second-order valence-corrected chi connectivity index (χ2v) is 7.49. The molecule has 1 aromatic heterocycles. The number of benzene rings is 2. The molecule has 1 aliphatic heterocycles. The smallest absolute Gasteiger partial charge is 0.339 e. The van der Waals surface area contributed by atoms with Crippen molar-refractivity contribution in [2.24, 2.45) is 0 Å². The number of hydrogen-bond donors (Lipinski definition) is 3. The van der Waals surface area contributed by atoms with Gasteiger partial charge in [-0.15, -0.1) is 0 Å². The Hall–Kier alpha value is -4.01. The van der Waals surface area contributed by atoms with E-state index in [1.165, 1.54) is 0 Å². The largest absolute Gasteiger partial charge is 0.491 e. The number of carbonyl (C=O) groups excluding carboxylic acids is 1. The number of aromatic carboxylic acids is 1. The number of fused-ring (bicyclic) bond motifs is 2. The monoisotopic (exact) mass is 437 g/mol. The molecule has 4 rings (SSSR count). The number of pyridine rings is 1. The van der Waals surface area contributed by atoms with Crippen LogP contribution in [0.4, 0.5) is 5.69 Å². The fraction of sp³-hybridized carbons (Fsp3) is 0.261. The molecule has 0 saturated carbocycles. The van der Waals surface area contributed by atoms with Gasteiger partial charge in [-0.25, -0.2) is 4.79 Å². The normalized spacial score (nSPS) is 13.4. The summed E-state index contributed by atoms with van der Waals surface area (Å²) >= 11 is 0. The van der Waals surface area contributed by atoms with Crippen molar-refractivity contribution in [3.63, 3.8) is 0 Å². The molecule has 0 aliphatic carbocycles. The molecule has 0 saturated heterocycles. The molecule has 0 unspecified atom stereocenters. The Balaban J connectivity index is 1.48. The van der Waals surface area contributed by atoms with Crippen LogP contribution in [0.25, 0.3) is 10.9 Å². The summed E-state index contributed by atoms with van der Waals surface area (Å²) in [6, 6.07) is 9.86. The van der Waals surface area contributed by atoms with Gasteiger partial charge >= 0.3 is 5.97 Å². The van der Waals surface area contributed by atoms with Crippen molar-refractivity contribution in [3.8, 4) is 17.2 Å². The highest BCUT2D eigenvalue weighted by atomic mass is 16.6. The number of nitrogen functional groups attached to an aromatic ring is 1. The van der Waals surface area contributed by atoms with Crippen LogP contribution in [0.1, 0.15) is 33.3 Å². The fourth-order valence-electron chi connectivity index (χ4n) is 3.58. The molecule has 166 valence electrons. The predicted molar refractivity (Wildman–Crippen MR) is 118 cm³/mol. The molecule has 1 atom stereocenters. The highest BCUT2D eigenvalue weighted by molar-refractivity contribution is 6.06. The van der Waals surface area contributed by atoms with E-state index in [-0.39, 0.29) is 29.8 Å². The lowest BCUT2D eigenvalue weighted by atomic mass is 10.1. The third-order valence-corrected chi connectivity index (χ3v) is 5.08. The Morgan fingerprint density at radius 1 is 1.22 bits per heavy atom. The predicted octanol–water partition coefficient (Wildman–Crippen LogP) is 2.79. The molecule has 32 heavy (non-hydrogen) atoms. The van der Waals surface area contributed by atoms with Crippen molar-refractivity contribution in [1.82, 2.24) is 10.3 Å². The van der Waals surface area contributed by atoms with E-state index in [4.69, 9.17) is 19.9 Å². The summed E-state index contributed by atoms with van der Waals surface area (Å²) in [5, 5.41) is 12.8. The van der Waals surface area contributed by atoms with E-state index in [1.807, 2.05) is 0 Å². The Morgan fingerprint density at radius 3 is 2.72 bits per heavy atom. The average molecular weight is 437 g/mol. The van der Waals surface area contributed by atoms with Crippen LogP contribution in [0.15, 0.2) is 36.4 Å². The van der Waals surface area contributed by atoms with E-state index in [0.717, 1.165) is 0 Å². The van der Waals surface area contributed by atoms with Crippen LogP contribution >= 0.6 is 0 Å². The van der Waals surface area contributed by atoms with Gasteiger partial charge < -0.3 is 30.4 Å². The number of nitrogens with two attached hydrogens (primary N) is 1. The number of nitrogens with zero attached hydrogens (tertiary/aromatic N) is 1. The third kappa shape index (κ3) is 4.09. The number of ether oxygens (including phenoxy) is 3. The van der Waals surface area contributed by atoms with E-state index < -0.39 is 5.97 Å². The molecular weight excluding hydrogens is 414 g/mol. The van der Waals surface area contributed by atoms with Crippen LogP contribution < -0.4 is 25.3 Å². The van der Waals surface area contributed by atoms with Gasteiger partial charge in [0, 0.05) is 5.56 Å². The second kappa shape index (κ2) is 8.62. The van der Waals surface area contributed by atoms with Crippen LogP contribution in [0.3, 0.4) is 0 Å². The first kappa shape index (κ1) is 21.2. The first-order chi connectivity index (χ1) is 15.3. The molecular formula is C23H23N3O6. The Bertz CT molecular complexity index is 1210. The summed E-state index contributed by atoms with van der Waals surface area (Å²) in [4.78, 5) is 28.5. The molecule has 2 aromatic carbocycles. The lowest BCUT2D eigenvalue weighted by Crippen LogP contribution is -2.36. The molecule has 9 nitrogen and oxygen atoms in total. The minimum absolute atomic E-state index is 0.0477. The number of aryl methyl sites for hydroxylation is 1. The van der Waals surface area contributed by atoms with Gasteiger partial charge in [-0.1, -0.05) is 6.07 Å². The van der Waals surface area contributed by atoms with E-state index in [0.29, 0.717) is 52.6 Å². The summed E-state index contributed by atoms with van der Waals surface area (Å²) in [7, 11) is 0. The average Bonchev–Trinajstić information content (AvgIpc) is 2.76. The summed E-state index contributed by atoms with van der Waals surface area (Å²) in [6.45, 7) is 4.46. The summed E-state index contributed by atoms with van der Waals surface area (Å²) in [5.74, 6) is 0.124. The molecule has 0 bridgehead atoms. The van der Waals surface area contributed by atoms with Crippen LogP contribution in [-0.2, 0) is 0 Å². The first-order valence-corrected chi connectivity index (χ1v) is 10.1. The minimum Gasteiger partial charge on any atom is -0.491 e. The minimum atomic E-state index is -1.15. The van der Waals surface area contributed by atoms with Crippen molar-refractivity contribution < 1.29 is 28.9 Å². The third-order valence-electron chi connectivity index (χ3n) is 5.08. The summed E-state index contributed by atoms with van der Waals surface area (Å²) in [6.07, 6.45) is 0. The SMILES string of the molecule is Cc1nc2cccc(OC[C@H](C)NC(=O)c3ccc4c(c3)OCCO4)c2c(N)c1C(=O)O. The van der Waals surface area contributed by atoms with Gasteiger partial charge in [0.1, 0.15) is 31.1 Å². The van der Waals surface area contributed by atoms with E-state index in [2.05, 4.69) is 10.3 Å². The summed E-state index contributed by atoms with van der Waals surface area (Å²) in [5.41, 5.74) is 7.52. The summed E-state index contributed by atoms with van der Waals surface area (Å²) < 4.78 is 16.9. The molecule has 0 spiro atoms. The number of carboxylic acids is 1. The molecule has 0 fully saturated rings. The number of carbonyl (C=O) groups is 2. The topological polar surface area (TPSA) is 133 Å². The number of carboxylic acid groups (broad SMARTS) is 1. The molecule has 9 heteroatoms. The second-order valence-electron chi connectivity index (χ2n) is 7.49. The van der Waals surface area contributed by atoms with Gasteiger partial charge in [0.25, 0.3) is 5.91 Å². The van der Waals surface area contributed by atoms with Gasteiger partial charge in [0.05, 0.1) is 28.3 Å². The number of anilines is 1. The van der Waals surface area contributed by atoms with Gasteiger partial charge in [0.2, 0.25) is 0 Å². The van der Waals surface area contributed by atoms with Crippen molar-refractivity contribution in [2.75, 3.05) is 25.6 Å². The van der Waals surface area contributed by atoms with Crippen LogP contribution in [0, 0.1) is 6.92 Å². The maximum absolute atomic E-state index is 12.6. The van der Waals surface area contributed by atoms with Gasteiger partial charge in [-0.05, 0) is 44.2 Å². The van der Waals surface area contributed by atoms with Gasteiger partial charge in [-0.3, -0.25) is 9.78 Å². The standard InChI is InChI=1S/C23H23N3O6/c1-12(25-22(27)14-6-7-16-18(10-14)31-9-8-30-16)11-32-17-5-3-4-15-20(17)21(24)19(23(28)29)13(2)26-15/h3-7,10,12H,8-9,11H2,1-2H3,(H2,24,26)(H,25,27)(H,28,29)/t12-/m0/s1. The number of hydrogen-bond acceptors (Lipinski definition) is 7. The molecule has 3 aromatic rings. The van der Waals surface area contributed by atoms with E-state index in [1.54, 1.807) is 50.2 Å². The van der Waals surface area contributed by atoms with E-state index in [9.17, 15) is 14.7 Å². The van der Waals surface area contributed by atoms with Gasteiger partial charge in [0.15, 0.2) is 11.5 Å².